The number of alkyl halides is 2. The zero-order valence-electron chi connectivity index (χ0n) is 14.3. The molecule has 25 heavy (non-hydrogen) atoms. The van der Waals surface area contributed by atoms with Gasteiger partial charge in [-0.05, 0) is 33.6 Å². The van der Waals surface area contributed by atoms with Crippen LogP contribution in [0.2, 0.25) is 0 Å². The lowest BCUT2D eigenvalue weighted by atomic mass is 10.1. The second-order valence-corrected chi connectivity index (χ2v) is 7.02. The molecule has 0 radical (unpaired) electrons. The summed E-state index contributed by atoms with van der Waals surface area (Å²) in [5.74, 6) is 0.145. The number of anilines is 1. The lowest BCUT2D eigenvalue weighted by molar-refractivity contribution is -0.159. The van der Waals surface area contributed by atoms with Gasteiger partial charge in [0.05, 0.1) is 11.8 Å². The summed E-state index contributed by atoms with van der Waals surface area (Å²) in [5.41, 5.74) is 0.844. The summed E-state index contributed by atoms with van der Waals surface area (Å²) in [5, 5.41) is 2.87. The summed E-state index contributed by atoms with van der Waals surface area (Å²) in [6.45, 7) is 3.35. The van der Waals surface area contributed by atoms with Gasteiger partial charge in [-0.1, -0.05) is 0 Å². The van der Waals surface area contributed by atoms with Crippen molar-refractivity contribution in [3.8, 4) is 0 Å². The molecule has 1 unspecified atom stereocenters. The van der Waals surface area contributed by atoms with Crippen LogP contribution in [0.1, 0.15) is 44.0 Å². The van der Waals surface area contributed by atoms with E-state index in [1.165, 1.54) is 6.20 Å². The lowest BCUT2D eigenvalue weighted by Gasteiger charge is -2.25. The summed E-state index contributed by atoms with van der Waals surface area (Å²) < 4.78 is 29.8. The predicted octanol–water partition coefficient (Wildman–Crippen LogP) is 2.65. The molecule has 136 valence electrons. The van der Waals surface area contributed by atoms with Gasteiger partial charge in [-0.3, -0.25) is 9.53 Å². The predicted molar refractivity (Wildman–Crippen MR) is 88.6 cm³/mol. The van der Waals surface area contributed by atoms with Crippen LogP contribution in [0, 0.1) is 0 Å². The highest BCUT2D eigenvalue weighted by Gasteiger charge is 2.30. The van der Waals surface area contributed by atoms with E-state index >= 15 is 0 Å². The standard InChI is InChI=1S/C16H21F2N5O2/c1-16(2,3)22-14(24)9-7-19-13-12(9)21-10(8-20-13)23-6-4-5-11(23)25-15(17)18/h7-8,11,15H,4-6H2,1-3H3,(H,19,20)(H,22,24). The van der Waals surface area contributed by atoms with Crippen LogP contribution in [0.25, 0.3) is 11.2 Å². The smallest absolute Gasteiger partial charge is 0.347 e. The number of fused-ring (bicyclic) bond motifs is 1. The van der Waals surface area contributed by atoms with E-state index in [9.17, 15) is 13.6 Å². The van der Waals surface area contributed by atoms with Crippen molar-refractivity contribution < 1.29 is 18.3 Å². The number of halogens is 2. The average molecular weight is 353 g/mol. The van der Waals surface area contributed by atoms with Crippen molar-refractivity contribution in [2.24, 2.45) is 0 Å². The summed E-state index contributed by atoms with van der Waals surface area (Å²) in [4.78, 5) is 25.7. The molecule has 9 heteroatoms. The topological polar surface area (TPSA) is 83.1 Å². The van der Waals surface area contributed by atoms with Gasteiger partial charge in [-0.2, -0.15) is 8.78 Å². The fourth-order valence-corrected chi connectivity index (χ4v) is 2.86. The molecular weight excluding hydrogens is 332 g/mol. The fourth-order valence-electron chi connectivity index (χ4n) is 2.86. The zero-order chi connectivity index (χ0) is 18.2. The number of aromatic nitrogens is 3. The van der Waals surface area contributed by atoms with Gasteiger partial charge in [0.15, 0.2) is 5.65 Å². The molecule has 3 rings (SSSR count). The first-order valence-electron chi connectivity index (χ1n) is 8.11. The van der Waals surface area contributed by atoms with Crippen molar-refractivity contribution in [2.45, 2.75) is 52.0 Å². The second-order valence-electron chi connectivity index (χ2n) is 7.02. The minimum Gasteiger partial charge on any atom is -0.347 e. The van der Waals surface area contributed by atoms with Crippen LogP contribution in [0.3, 0.4) is 0 Å². The van der Waals surface area contributed by atoms with Crippen LogP contribution < -0.4 is 10.2 Å². The quantitative estimate of drug-likeness (QED) is 0.883. The first-order valence-corrected chi connectivity index (χ1v) is 8.11. The minimum atomic E-state index is -2.84. The van der Waals surface area contributed by atoms with Gasteiger partial charge in [0, 0.05) is 18.3 Å². The molecule has 1 saturated heterocycles. The van der Waals surface area contributed by atoms with Gasteiger partial charge in [0.2, 0.25) is 0 Å². The number of amides is 1. The Labute approximate surface area is 143 Å². The molecule has 1 atom stereocenters. The molecule has 1 amide bonds. The largest absolute Gasteiger partial charge is 0.347 e. The van der Waals surface area contributed by atoms with E-state index < -0.39 is 18.4 Å². The monoisotopic (exact) mass is 353 g/mol. The minimum absolute atomic E-state index is 0.271. The third-order valence-corrected chi connectivity index (χ3v) is 3.85. The first kappa shape index (κ1) is 17.5. The maximum absolute atomic E-state index is 12.6. The Morgan fingerprint density at radius 2 is 2.24 bits per heavy atom. The third-order valence-electron chi connectivity index (χ3n) is 3.85. The van der Waals surface area contributed by atoms with E-state index in [2.05, 4.69) is 25.0 Å². The third kappa shape index (κ3) is 3.87. The number of aromatic amines is 1. The molecule has 0 aliphatic carbocycles. The molecule has 7 nitrogen and oxygen atoms in total. The van der Waals surface area contributed by atoms with E-state index in [4.69, 9.17) is 0 Å². The number of H-pyrrole nitrogens is 1. The molecule has 2 aromatic heterocycles. The lowest BCUT2D eigenvalue weighted by Crippen LogP contribution is -2.40. The Bertz CT molecular complexity index is 771. The Balaban J connectivity index is 1.91. The Morgan fingerprint density at radius 1 is 1.48 bits per heavy atom. The number of nitrogens with zero attached hydrogens (tertiary/aromatic N) is 3. The van der Waals surface area contributed by atoms with Gasteiger partial charge in [0.1, 0.15) is 17.6 Å². The molecule has 2 N–H and O–H groups in total. The first-order chi connectivity index (χ1) is 11.7. The molecule has 0 bridgehead atoms. The highest BCUT2D eigenvalue weighted by molar-refractivity contribution is 6.04. The number of carbonyl (C=O) groups is 1. The van der Waals surface area contributed by atoms with Crippen molar-refractivity contribution in [3.05, 3.63) is 18.0 Å². The summed E-state index contributed by atoms with van der Waals surface area (Å²) in [7, 11) is 0. The van der Waals surface area contributed by atoms with Gasteiger partial charge in [0.25, 0.3) is 5.91 Å². The Hall–Kier alpha value is -2.29. The highest BCUT2D eigenvalue weighted by atomic mass is 19.3. The summed E-state index contributed by atoms with van der Waals surface area (Å²) >= 11 is 0. The normalized spacial score (nSPS) is 18.3. The van der Waals surface area contributed by atoms with E-state index in [0.29, 0.717) is 35.5 Å². The van der Waals surface area contributed by atoms with Gasteiger partial charge < -0.3 is 15.2 Å². The maximum atomic E-state index is 12.6. The average Bonchev–Trinajstić information content (AvgIpc) is 3.10. The van der Waals surface area contributed by atoms with Crippen molar-refractivity contribution in [3.63, 3.8) is 0 Å². The molecule has 0 saturated carbocycles. The van der Waals surface area contributed by atoms with Gasteiger partial charge in [-0.25, -0.2) is 9.97 Å². The Morgan fingerprint density at radius 3 is 2.92 bits per heavy atom. The molecule has 0 spiro atoms. The van der Waals surface area contributed by atoms with E-state index in [-0.39, 0.29) is 5.91 Å². The molecule has 1 aliphatic rings. The second kappa shape index (κ2) is 6.55. The van der Waals surface area contributed by atoms with E-state index in [0.717, 1.165) is 6.42 Å². The summed E-state index contributed by atoms with van der Waals surface area (Å²) in [6.07, 6.45) is 3.53. The van der Waals surface area contributed by atoms with Crippen LogP contribution in [-0.4, -0.2) is 45.8 Å². The molecule has 0 aromatic carbocycles. The number of rotatable bonds is 4. The highest BCUT2D eigenvalue weighted by Crippen LogP contribution is 2.27. The van der Waals surface area contributed by atoms with Crippen LogP contribution in [-0.2, 0) is 4.74 Å². The molecule has 1 fully saturated rings. The van der Waals surface area contributed by atoms with Crippen molar-refractivity contribution >= 4 is 22.9 Å². The fraction of sp³-hybridized carbons (Fsp3) is 0.562. The molecule has 2 aromatic rings. The molecule has 1 aliphatic heterocycles. The van der Waals surface area contributed by atoms with Crippen LogP contribution in [0.4, 0.5) is 14.6 Å². The zero-order valence-corrected chi connectivity index (χ0v) is 14.3. The number of nitrogens with one attached hydrogen (secondary N) is 2. The molecule has 3 heterocycles. The SMILES string of the molecule is CC(C)(C)NC(=O)c1c[nH]c2ncc(N3CCCC3OC(F)F)nc12. The van der Waals surface area contributed by atoms with Crippen molar-refractivity contribution in [1.82, 2.24) is 20.3 Å². The maximum Gasteiger partial charge on any atom is 0.347 e. The number of carbonyl (C=O) groups excluding carboxylic acids is 1. The van der Waals surface area contributed by atoms with Crippen molar-refractivity contribution in [1.29, 1.82) is 0 Å². The number of hydrogen-bond donors (Lipinski definition) is 2. The number of hydrogen-bond acceptors (Lipinski definition) is 5. The molecular formula is C16H21F2N5O2. The van der Waals surface area contributed by atoms with Crippen LogP contribution in [0.15, 0.2) is 12.4 Å². The van der Waals surface area contributed by atoms with E-state index in [1.54, 1.807) is 11.1 Å². The van der Waals surface area contributed by atoms with Crippen molar-refractivity contribution in [2.75, 3.05) is 11.4 Å². The summed E-state index contributed by atoms with van der Waals surface area (Å²) in [6, 6.07) is 0. The van der Waals surface area contributed by atoms with Gasteiger partial charge >= 0.3 is 6.61 Å². The van der Waals surface area contributed by atoms with Crippen LogP contribution in [0.5, 0.6) is 0 Å². The van der Waals surface area contributed by atoms with E-state index in [1.807, 2.05) is 20.8 Å². The van der Waals surface area contributed by atoms with Gasteiger partial charge in [-0.15, -0.1) is 0 Å². The Kier molecular flexibility index (Phi) is 4.59. The van der Waals surface area contributed by atoms with Crippen LogP contribution >= 0.6 is 0 Å². The number of ether oxygens (including phenoxy) is 1.